The Bertz CT molecular complexity index is 1570. The van der Waals surface area contributed by atoms with E-state index < -0.39 is 11.7 Å². The van der Waals surface area contributed by atoms with E-state index in [1.165, 1.54) is 29.0 Å². The number of thiazole rings is 1. The van der Waals surface area contributed by atoms with Crippen LogP contribution in [0, 0.1) is 0 Å². The van der Waals surface area contributed by atoms with Gasteiger partial charge in [-0.3, -0.25) is 9.59 Å². The lowest BCUT2D eigenvalue weighted by Crippen LogP contribution is -2.38. The number of piperidine rings is 2. The lowest BCUT2D eigenvalue weighted by atomic mass is 9.89. The van der Waals surface area contributed by atoms with E-state index in [4.69, 9.17) is 4.98 Å². The Hall–Kier alpha value is -3.98. The summed E-state index contributed by atoms with van der Waals surface area (Å²) < 4.78 is 39.1. The van der Waals surface area contributed by atoms with Gasteiger partial charge in [0.05, 0.1) is 10.6 Å². The quantitative estimate of drug-likeness (QED) is 0.233. The summed E-state index contributed by atoms with van der Waals surface area (Å²) >= 11 is 1.51. The summed E-state index contributed by atoms with van der Waals surface area (Å²) in [4.78, 5) is 35.2. The van der Waals surface area contributed by atoms with E-state index in [2.05, 4.69) is 24.3 Å². The van der Waals surface area contributed by atoms with Crippen molar-refractivity contribution in [2.75, 3.05) is 26.2 Å². The molecule has 0 aliphatic carbocycles. The molecule has 2 amide bonds. The van der Waals surface area contributed by atoms with Crippen molar-refractivity contribution < 1.29 is 22.8 Å². The topological polar surface area (TPSA) is 53.5 Å². The van der Waals surface area contributed by atoms with Crippen molar-refractivity contribution in [2.24, 2.45) is 0 Å². The summed E-state index contributed by atoms with van der Waals surface area (Å²) in [5.41, 5.74) is 2.76. The van der Waals surface area contributed by atoms with E-state index in [0.717, 1.165) is 55.9 Å². The maximum absolute atomic E-state index is 13.5. The summed E-state index contributed by atoms with van der Waals surface area (Å²) in [6, 6.07) is 22.4. The Morgan fingerprint density at radius 3 is 1.95 bits per heavy atom. The lowest BCUT2D eigenvalue weighted by Gasteiger charge is -2.32. The van der Waals surface area contributed by atoms with E-state index in [1.807, 2.05) is 16.3 Å². The van der Waals surface area contributed by atoms with E-state index in [1.54, 1.807) is 29.2 Å². The molecule has 9 heteroatoms. The van der Waals surface area contributed by atoms with E-state index in [9.17, 15) is 22.8 Å². The Morgan fingerprint density at radius 2 is 1.30 bits per heavy atom. The summed E-state index contributed by atoms with van der Waals surface area (Å²) in [6.07, 6.45) is -1.05. The van der Waals surface area contributed by atoms with Gasteiger partial charge in [0.25, 0.3) is 11.8 Å². The number of alkyl halides is 3. The minimum atomic E-state index is -4.41. The first-order chi connectivity index (χ1) is 20.8. The molecule has 2 fully saturated rings. The highest BCUT2D eigenvalue weighted by Gasteiger charge is 2.32. The van der Waals surface area contributed by atoms with Gasteiger partial charge in [0.2, 0.25) is 0 Å². The van der Waals surface area contributed by atoms with Crippen LogP contribution < -0.4 is 0 Å². The normalized spacial score (nSPS) is 16.8. The minimum Gasteiger partial charge on any atom is -0.339 e. The van der Waals surface area contributed by atoms with Crippen LogP contribution in [0.2, 0.25) is 0 Å². The fraction of sp³-hybridized carbons (Fsp3) is 0.324. The van der Waals surface area contributed by atoms with Crippen molar-refractivity contribution in [3.05, 3.63) is 112 Å². The Labute approximate surface area is 253 Å². The van der Waals surface area contributed by atoms with Crippen LogP contribution in [0.25, 0.3) is 11.1 Å². The number of hydrogen-bond donors (Lipinski definition) is 0. The number of carbonyl (C=O) groups excluding carboxylic acids is 2. The van der Waals surface area contributed by atoms with Crippen molar-refractivity contribution in [1.82, 2.24) is 14.8 Å². The molecule has 0 bridgehead atoms. The van der Waals surface area contributed by atoms with Crippen LogP contribution in [-0.2, 0) is 6.18 Å². The fourth-order valence-electron chi connectivity index (χ4n) is 6.14. The lowest BCUT2D eigenvalue weighted by molar-refractivity contribution is -0.137. The van der Waals surface area contributed by atoms with Crippen molar-refractivity contribution in [3.63, 3.8) is 0 Å². The Morgan fingerprint density at radius 1 is 0.721 bits per heavy atom. The molecule has 2 aliphatic heterocycles. The van der Waals surface area contributed by atoms with Gasteiger partial charge in [-0.05, 0) is 66.5 Å². The third kappa shape index (κ3) is 6.37. The van der Waals surface area contributed by atoms with Gasteiger partial charge >= 0.3 is 6.18 Å². The number of aromatic nitrogens is 1. The molecule has 6 rings (SSSR count). The molecule has 0 N–H and O–H groups in total. The first-order valence-electron chi connectivity index (χ1n) is 14.6. The molecule has 0 saturated carbocycles. The number of amides is 2. The van der Waals surface area contributed by atoms with Crippen LogP contribution >= 0.6 is 11.3 Å². The largest absolute Gasteiger partial charge is 0.416 e. The van der Waals surface area contributed by atoms with Crippen molar-refractivity contribution >= 4 is 23.2 Å². The zero-order valence-corrected chi connectivity index (χ0v) is 24.4. The van der Waals surface area contributed by atoms with Crippen molar-refractivity contribution in [2.45, 2.75) is 43.7 Å². The smallest absolute Gasteiger partial charge is 0.339 e. The van der Waals surface area contributed by atoms with E-state index in [-0.39, 0.29) is 17.7 Å². The number of halogens is 3. The second kappa shape index (κ2) is 12.3. The highest BCUT2D eigenvalue weighted by molar-refractivity contribution is 7.09. The van der Waals surface area contributed by atoms with Crippen LogP contribution in [0.5, 0.6) is 0 Å². The van der Waals surface area contributed by atoms with Crippen LogP contribution in [-0.4, -0.2) is 52.8 Å². The molecule has 0 radical (unpaired) electrons. The van der Waals surface area contributed by atoms with Crippen LogP contribution in [0.3, 0.4) is 0 Å². The molecular formula is C34H32F3N3O2S. The zero-order chi connectivity index (χ0) is 30.0. The molecule has 5 nitrogen and oxygen atoms in total. The number of rotatable bonds is 5. The molecule has 222 valence electrons. The Balaban J connectivity index is 1.06. The molecule has 0 unspecified atom stereocenters. The molecule has 43 heavy (non-hydrogen) atoms. The number of hydrogen-bond acceptors (Lipinski definition) is 4. The van der Waals surface area contributed by atoms with Gasteiger partial charge in [-0.25, -0.2) is 4.98 Å². The summed E-state index contributed by atoms with van der Waals surface area (Å²) in [5.74, 6) is 0.500. The molecule has 0 atom stereocenters. The molecule has 3 aromatic carbocycles. The predicted octanol–water partition coefficient (Wildman–Crippen LogP) is 7.87. The average Bonchev–Trinajstić information content (AvgIpc) is 3.55. The zero-order valence-electron chi connectivity index (χ0n) is 23.6. The summed E-state index contributed by atoms with van der Waals surface area (Å²) in [5, 5.41) is 2.79. The second-order valence-corrected chi connectivity index (χ2v) is 12.1. The highest BCUT2D eigenvalue weighted by Crippen LogP contribution is 2.35. The predicted molar refractivity (Wildman–Crippen MR) is 161 cm³/mol. The van der Waals surface area contributed by atoms with Gasteiger partial charge in [0.15, 0.2) is 0 Å². The first kappa shape index (κ1) is 29.1. The van der Waals surface area contributed by atoms with Gasteiger partial charge < -0.3 is 9.80 Å². The minimum absolute atomic E-state index is 0.0125. The Kier molecular flexibility index (Phi) is 8.34. The summed E-state index contributed by atoms with van der Waals surface area (Å²) in [7, 11) is 0. The number of likely N-dealkylation sites (tertiary alicyclic amines) is 2. The standard InChI is InChI=1S/C34H32F3N3O2S/c35-34(36,37)27-12-10-25(11-13-27)28-8-4-5-9-29(28)32(41)39-20-16-26(17-21-39)31-38-30(22-43-31)33(42)40-18-14-24(15-19-40)23-6-2-1-3-7-23/h1-13,22,24,26H,14-21H2. The second-order valence-electron chi connectivity index (χ2n) is 11.2. The third-order valence-corrected chi connectivity index (χ3v) is 9.61. The molecule has 1 aromatic heterocycles. The van der Waals surface area contributed by atoms with Crippen molar-refractivity contribution in [3.8, 4) is 11.1 Å². The molecule has 0 spiro atoms. The van der Waals surface area contributed by atoms with E-state index in [0.29, 0.717) is 41.4 Å². The molecule has 3 heterocycles. The molecule has 2 aliphatic rings. The van der Waals surface area contributed by atoms with Gasteiger partial charge in [0, 0.05) is 43.0 Å². The molecular weight excluding hydrogens is 571 g/mol. The van der Waals surface area contributed by atoms with E-state index >= 15 is 0 Å². The maximum atomic E-state index is 13.5. The first-order valence-corrected chi connectivity index (χ1v) is 15.5. The number of carbonyl (C=O) groups is 2. The number of nitrogens with zero attached hydrogens (tertiary/aromatic N) is 3. The number of benzene rings is 3. The van der Waals surface area contributed by atoms with Gasteiger partial charge in [-0.15, -0.1) is 11.3 Å². The molecule has 2 saturated heterocycles. The van der Waals surface area contributed by atoms with Crippen molar-refractivity contribution in [1.29, 1.82) is 0 Å². The van der Waals surface area contributed by atoms with Crippen LogP contribution in [0.1, 0.15) is 74.5 Å². The monoisotopic (exact) mass is 603 g/mol. The van der Waals surface area contributed by atoms with Crippen LogP contribution in [0.15, 0.2) is 84.2 Å². The van der Waals surface area contributed by atoms with Gasteiger partial charge in [-0.2, -0.15) is 13.2 Å². The average molecular weight is 604 g/mol. The molecule has 4 aromatic rings. The van der Waals surface area contributed by atoms with Gasteiger partial charge in [-0.1, -0.05) is 60.7 Å². The third-order valence-electron chi connectivity index (χ3n) is 8.61. The highest BCUT2D eigenvalue weighted by atomic mass is 32.1. The SMILES string of the molecule is O=C(c1csc(C2CCN(C(=O)c3ccccc3-c3ccc(C(F)(F)F)cc3)CC2)n1)N1CCC(c2ccccc2)CC1. The van der Waals surface area contributed by atoms with Gasteiger partial charge in [0.1, 0.15) is 5.69 Å². The summed E-state index contributed by atoms with van der Waals surface area (Å²) in [6.45, 7) is 2.53. The maximum Gasteiger partial charge on any atom is 0.416 e. The fourth-order valence-corrected chi connectivity index (χ4v) is 7.10. The van der Waals surface area contributed by atoms with Crippen LogP contribution in [0.4, 0.5) is 13.2 Å².